The number of piperidine rings is 1. The monoisotopic (exact) mass is 568 g/mol. The first-order valence-corrected chi connectivity index (χ1v) is 14.4. The molecule has 2 aromatic carbocycles. The number of fused-ring (bicyclic) bond motifs is 1. The highest BCUT2D eigenvalue weighted by molar-refractivity contribution is 6.04. The van der Waals surface area contributed by atoms with Crippen molar-refractivity contribution in [1.82, 2.24) is 14.5 Å². The zero-order chi connectivity index (χ0) is 29.2. The number of pyridine rings is 1. The molecule has 4 aromatic rings. The summed E-state index contributed by atoms with van der Waals surface area (Å²) in [6.07, 6.45) is 6.60. The van der Waals surface area contributed by atoms with Crippen molar-refractivity contribution in [3.8, 4) is 17.2 Å². The molecule has 0 bridgehead atoms. The maximum Gasteiger partial charge on any atom is 0.323 e. The number of rotatable bonds is 7. The summed E-state index contributed by atoms with van der Waals surface area (Å²) in [5.41, 5.74) is 8.59. The van der Waals surface area contributed by atoms with E-state index in [0.29, 0.717) is 45.9 Å². The molecule has 10 heteroatoms. The second kappa shape index (κ2) is 11.7. The van der Waals surface area contributed by atoms with E-state index in [0.717, 1.165) is 24.2 Å². The quantitative estimate of drug-likeness (QED) is 0.307. The number of anilines is 2. The molecule has 2 saturated heterocycles. The third-order valence-electron chi connectivity index (χ3n) is 8.31. The van der Waals surface area contributed by atoms with Gasteiger partial charge in [-0.05, 0) is 88.2 Å². The molecule has 4 heterocycles. The van der Waals surface area contributed by atoms with Crippen molar-refractivity contribution >= 4 is 34.3 Å². The van der Waals surface area contributed by atoms with Crippen molar-refractivity contribution in [1.29, 1.82) is 0 Å². The molecule has 0 saturated carbocycles. The van der Waals surface area contributed by atoms with E-state index in [4.69, 9.17) is 15.2 Å². The van der Waals surface area contributed by atoms with E-state index in [1.807, 2.05) is 30.3 Å². The Morgan fingerprint density at radius 2 is 1.69 bits per heavy atom. The molecule has 0 unspecified atom stereocenters. The highest BCUT2D eigenvalue weighted by Crippen LogP contribution is 2.37. The SMILES string of the molecule is COc1cc2c(cc1Oc1ccnc(NC(=O)c3ccc(N4CCC(N5CCCC5)CC4)cc3)c1)cc(C)n2C(N)=O. The number of aromatic nitrogens is 2. The zero-order valence-corrected chi connectivity index (χ0v) is 24.0. The van der Waals surface area contributed by atoms with Crippen LogP contribution in [0.25, 0.3) is 10.9 Å². The summed E-state index contributed by atoms with van der Waals surface area (Å²) in [6.45, 7) is 6.38. The molecule has 0 radical (unpaired) electrons. The van der Waals surface area contributed by atoms with Gasteiger partial charge in [-0.2, -0.15) is 0 Å². The number of primary amides is 1. The van der Waals surface area contributed by atoms with Crippen LogP contribution < -0.4 is 25.4 Å². The Balaban J connectivity index is 1.11. The second-order valence-corrected chi connectivity index (χ2v) is 11.0. The van der Waals surface area contributed by atoms with Crippen LogP contribution in [-0.2, 0) is 0 Å². The summed E-state index contributed by atoms with van der Waals surface area (Å²) in [5.74, 6) is 1.47. The van der Waals surface area contributed by atoms with Crippen molar-refractivity contribution in [2.24, 2.45) is 5.73 Å². The number of nitrogens with one attached hydrogen (secondary N) is 1. The second-order valence-electron chi connectivity index (χ2n) is 11.0. The van der Waals surface area contributed by atoms with Gasteiger partial charge in [0.25, 0.3) is 5.91 Å². The van der Waals surface area contributed by atoms with E-state index in [1.165, 1.54) is 50.4 Å². The van der Waals surface area contributed by atoms with Crippen LogP contribution in [0.3, 0.4) is 0 Å². The smallest absolute Gasteiger partial charge is 0.323 e. The number of carbonyl (C=O) groups is 2. The van der Waals surface area contributed by atoms with Crippen molar-refractivity contribution in [3.05, 3.63) is 72.1 Å². The summed E-state index contributed by atoms with van der Waals surface area (Å²) in [5, 5.41) is 3.65. The molecule has 0 aliphatic carbocycles. The summed E-state index contributed by atoms with van der Waals surface area (Å²) in [7, 11) is 1.53. The lowest BCUT2D eigenvalue weighted by Crippen LogP contribution is -2.43. The molecular formula is C32H36N6O4. The Morgan fingerprint density at radius 1 is 0.952 bits per heavy atom. The first-order valence-electron chi connectivity index (χ1n) is 14.4. The van der Waals surface area contributed by atoms with E-state index >= 15 is 0 Å². The lowest BCUT2D eigenvalue weighted by Gasteiger charge is -2.37. The fourth-order valence-corrected chi connectivity index (χ4v) is 6.16. The molecule has 3 N–H and O–H groups in total. The minimum atomic E-state index is -0.570. The predicted molar refractivity (Wildman–Crippen MR) is 163 cm³/mol. The van der Waals surface area contributed by atoms with Gasteiger partial charge in [0.15, 0.2) is 11.5 Å². The van der Waals surface area contributed by atoms with Gasteiger partial charge >= 0.3 is 6.03 Å². The molecule has 2 aromatic heterocycles. The fourth-order valence-electron chi connectivity index (χ4n) is 6.16. The first-order chi connectivity index (χ1) is 20.4. The van der Waals surface area contributed by atoms with E-state index in [-0.39, 0.29) is 5.91 Å². The van der Waals surface area contributed by atoms with Gasteiger partial charge in [-0.15, -0.1) is 0 Å². The van der Waals surface area contributed by atoms with Gasteiger partial charge in [-0.1, -0.05) is 0 Å². The summed E-state index contributed by atoms with van der Waals surface area (Å²) in [4.78, 5) is 34.3. The molecule has 0 atom stereocenters. The van der Waals surface area contributed by atoms with Gasteiger partial charge in [0.2, 0.25) is 0 Å². The molecule has 10 nitrogen and oxygen atoms in total. The molecule has 2 aliphatic heterocycles. The minimum absolute atomic E-state index is 0.249. The Morgan fingerprint density at radius 3 is 2.38 bits per heavy atom. The topological polar surface area (TPSA) is 115 Å². The van der Waals surface area contributed by atoms with Crippen LogP contribution >= 0.6 is 0 Å². The summed E-state index contributed by atoms with van der Waals surface area (Å²) in [6, 6.07) is 16.6. The molecule has 2 aliphatic rings. The van der Waals surface area contributed by atoms with Crippen molar-refractivity contribution in [2.45, 2.75) is 38.6 Å². The van der Waals surface area contributed by atoms with E-state index in [2.05, 4.69) is 20.1 Å². The van der Waals surface area contributed by atoms with Crippen LogP contribution in [0.15, 0.2) is 60.8 Å². The molecule has 0 spiro atoms. The van der Waals surface area contributed by atoms with Crippen molar-refractivity contribution in [2.75, 3.05) is 43.5 Å². The lowest BCUT2D eigenvalue weighted by atomic mass is 10.0. The van der Waals surface area contributed by atoms with E-state index < -0.39 is 6.03 Å². The van der Waals surface area contributed by atoms with E-state index in [9.17, 15) is 9.59 Å². The van der Waals surface area contributed by atoms with Crippen LogP contribution in [0.1, 0.15) is 41.7 Å². The molecular weight excluding hydrogens is 532 g/mol. The molecule has 42 heavy (non-hydrogen) atoms. The fraction of sp³-hybridized carbons (Fsp3) is 0.344. The number of aryl methyl sites for hydroxylation is 1. The van der Waals surface area contributed by atoms with Crippen molar-refractivity contribution < 1.29 is 19.1 Å². The zero-order valence-electron chi connectivity index (χ0n) is 24.0. The third kappa shape index (κ3) is 5.62. The van der Waals surface area contributed by atoms with Gasteiger partial charge in [-0.3, -0.25) is 9.36 Å². The molecule has 2 amide bonds. The maximum atomic E-state index is 13.0. The average molecular weight is 569 g/mol. The summed E-state index contributed by atoms with van der Waals surface area (Å²) < 4.78 is 13.1. The number of nitrogens with zero attached hydrogens (tertiary/aromatic N) is 4. The van der Waals surface area contributed by atoms with Crippen LogP contribution in [0.4, 0.5) is 16.3 Å². The van der Waals surface area contributed by atoms with Crippen LogP contribution in [0, 0.1) is 6.92 Å². The number of benzene rings is 2. The van der Waals surface area contributed by atoms with Gasteiger partial charge in [0, 0.05) is 59.8 Å². The summed E-state index contributed by atoms with van der Waals surface area (Å²) >= 11 is 0. The van der Waals surface area contributed by atoms with E-state index in [1.54, 1.807) is 37.4 Å². The Hall–Kier alpha value is -4.57. The van der Waals surface area contributed by atoms with Crippen LogP contribution in [0.5, 0.6) is 17.2 Å². The number of hydrogen-bond donors (Lipinski definition) is 2. The molecule has 6 rings (SSSR count). The van der Waals surface area contributed by atoms with Gasteiger partial charge in [0.05, 0.1) is 12.6 Å². The normalized spacial score (nSPS) is 16.1. The molecule has 218 valence electrons. The number of likely N-dealkylation sites (tertiary alicyclic amines) is 1. The van der Waals surface area contributed by atoms with Gasteiger partial charge in [-0.25, -0.2) is 9.78 Å². The highest BCUT2D eigenvalue weighted by Gasteiger charge is 2.26. The number of ether oxygens (including phenoxy) is 2. The number of methoxy groups -OCH3 is 1. The number of carbonyl (C=O) groups excluding carboxylic acids is 2. The first kappa shape index (κ1) is 27.6. The predicted octanol–water partition coefficient (Wildman–Crippen LogP) is 5.39. The maximum absolute atomic E-state index is 13.0. The number of amides is 2. The number of hydrogen-bond acceptors (Lipinski definition) is 7. The van der Waals surface area contributed by atoms with Crippen LogP contribution in [-0.4, -0.2) is 65.7 Å². The number of nitrogens with two attached hydrogens (primary N) is 1. The van der Waals surface area contributed by atoms with Crippen molar-refractivity contribution in [3.63, 3.8) is 0 Å². The minimum Gasteiger partial charge on any atom is -0.493 e. The average Bonchev–Trinajstić information content (AvgIpc) is 3.64. The Kier molecular flexibility index (Phi) is 7.71. The Bertz CT molecular complexity index is 1600. The third-order valence-corrected chi connectivity index (χ3v) is 8.31. The standard InChI is InChI=1S/C32H36N6O4/c1-21-17-23-18-29(28(41-2)20-27(23)38(21)32(33)40)42-26-9-12-34-30(19-26)35-31(39)22-5-7-24(8-6-22)37-15-10-25(11-16-37)36-13-3-4-14-36/h5-9,12,17-20,25H,3-4,10-11,13-16H2,1-2H3,(H2,33,40)(H,34,35,39). The Labute approximate surface area is 245 Å². The largest absolute Gasteiger partial charge is 0.493 e. The lowest BCUT2D eigenvalue weighted by molar-refractivity contribution is 0.102. The molecule has 2 fully saturated rings. The highest BCUT2D eigenvalue weighted by atomic mass is 16.5. The van der Waals surface area contributed by atoms with Crippen LogP contribution in [0.2, 0.25) is 0 Å². The van der Waals surface area contributed by atoms with Gasteiger partial charge < -0.3 is 30.3 Å². The van der Waals surface area contributed by atoms with Gasteiger partial charge in [0.1, 0.15) is 11.6 Å².